The van der Waals surface area contributed by atoms with Crippen molar-refractivity contribution in [2.75, 3.05) is 7.11 Å². The molecule has 0 bridgehead atoms. The number of rotatable bonds is 5. The molecule has 9 heteroatoms. The molecule has 0 saturated carbocycles. The highest BCUT2D eigenvalue weighted by atomic mass is 32.1. The minimum Gasteiger partial charge on any atom is -0.497 e. The number of thiazole rings is 1. The number of azo groups is 1. The first-order chi connectivity index (χ1) is 14.0. The monoisotopic (exact) mass is 409 g/mol. The molecule has 0 aliphatic rings. The molecule has 0 amide bonds. The van der Waals surface area contributed by atoms with Crippen molar-refractivity contribution in [1.82, 2.24) is 14.8 Å². The number of H-pyrrole nitrogens is 1. The molecule has 4 aromatic rings. The molecule has 2 aromatic carbocycles. The van der Waals surface area contributed by atoms with Crippen molar-refractivity contribution in [3.8, 4) is 22.1 Å². The number of benzene rings is 2. The Kier molecular flexibility index (Phi) is 5.05. The molecule has 0 aliphatic heterocycles. The summed E-state index contributed by atoms with van der Waals surface area (Å²) in [5, 5.41) is 13.4. The smallest absolute Gasteiger partial charge is 0.301 e. The minimum atomic E-state index is -0.361. The number of aromatic nitrogens is 3. The first kappa shape index (κ1) is 18.8. The van der Waals surface area contributed by atoms with Crippen LogP contribution >= 0.6 is 11.3 Å². The van der Waals surface area contributed by atoms with Crippen molar-refractivity contribution >= 4 is 22.7 Å². The van der Waals surface area contributed by atoms with Crippen LogP contribution in [0.3, 0.4) is 0 Å². The maximum absolute atomic E-state index is 13.0. The number of hydrogen-bond donors (Lipinski definition) is 1. The molecule has 0 aliphatic carbocycles. The van der Waals surface area contributed by atoms with Crippen LogP contribution in [0, 0.1) is 12.7 Å². The maximum Gasteiger partial charge on any atom is 0.301 e. The average Bonchev–Trinajstić information content (AvgIpc) is 3.33. The molecule has 2 aromatic heterocycles. The molecule has 0 atom stereocenters. The molecular weight excluding hydrogens is 393 g/mol. The lowest BCUT2D eigenvalue weighted by Crippen LogP contribution is -2.13. The number of nitrogens with zero attached hydrogens (tertiary/aromatic N) is 4. The van der Waals surface area contributed by atoms with Crippen molar-refractivity contribution in [1.29, 1.82) is 0 Å². The Morgan fingerprint density at radius 3 is 2.52 bits per heavy atom. The fourth-order valence-corrected chi connectivity index (χ4v) is 3.46. The van der Waals surface area contributed by atoms with Gasteiger partial charge in [0.15, 0.2) is 5.69 Å². The van der Waals surface area contributed by atoms with E-state index in [1.165, 1.54) is 40.3 Å². The topological polar surface area (TPSA) is 84.6 Å². The third-order valence-corrected chi connectivity index (χ3v) is 5.03. The largest absolute Gasteiger partial charge is 0.497 e. The van der Waals surface area contributed by atoms with E-state index in [9.17, 15) is 9.18 Å². The van der Waals surface area contributed by atoms with Gasteiger partial charge in [-0.3, -0.25) is 9.89 Å². The quantitative estimate of drug-likeness (QED) is 0.462. The van der Waals surface area contributed by atoms with Crippen molar-refractivity contribution in [3.63, 3.8) is 0 Å². The Morgan fingerprint density at radius 2 is 1.83 bits per heavy atom. The van der Waals surface area contributed by atoms with Crippen LogP contribution in [-0.2, 0) is 0 Å². The second kappa shape index (κ2) is 7.80. The van der Waals surface area contributed by atoms with Gasteiger partial charge in [0.2, 0.25) is 5.13 Å². The molecule has 7 nitrogen and oxygen atoms in total. The minimum absolute atomic E-state index is 0.176. The predicted molar refractivity (Wildman–Crippen MR) is 109 cm³/mol. The molecule has 0 radical (unpaired) electrons. The second-order valence-corrected chi connectivity index (χ2v) is 6.98. The van der Waals surface area contributed by atoms with Crippen LogP contribution in [0.25, 0.3) is 16.4 Å². The lowest BCUT2D eigenvalue weighted by Gasteiger charge is -2.00. The summed E-state index contributed by atoms with van der Waals surface area (Å²) >= 11 is 1.34. The van der Waals surface area contributed by atoms with Gasteiger partial charge in [-0.1, -0.05) is 0 Å². The van der Waals surface area contributed by atoms with Gasteiger partial charge in [0.05, 0.1) is 24.2 Å². The van der Waals surface area contributed by atoms with Gasteiger partial charge in [-0.25, -0.2) is 9.37 Å². The summed E-state index contributed by atoms with van der Waals surface area (Å²) in [4.78, 5) is 17.3. The van der Waals surface area contributed by atoms with Crippen LogP contribution in [0.2, 0.25) is 0 Å². The third kappa shape index (κ3) is 3.85. The molecule has 0 spiro atoms. The van der Waals surface area contributed by atoms with Gasteiger partial charge in [0.1, 0.15) is 11.6 Å². The number of methoxy groups -OCH3 is 1. The van der Waals surface area contributed by atoms with Crippen molar-refractivity contribution in [2.45, 2.75) is 6.92 Å². The van der Waals surface area contributed by atoms with Crippen molar-refractivity contribution in [3.05, 3.63) is 75.8 Å². The van der Waals surface area contributed by atoms with E-state index in [-0.39, 0.29) is 17.1 Å². The summed E-state index contributed by atoms with van der Waals surface area (Å²) in [6, 6.07) is 13.1. The zero-order chi connectivity index (χ0) is 20.4. The fraction of sp³-hybridized carbons (Fsp3) is 0.100. The predicted octanol–water partition coefficient (Wildman–Crippen LogP) is 5.16. The van der Waals surface area contributed by atoms with E-state index in [4.69, 9.17) is 4.74 Å². The van der Waals surface area contributed by atoms with Crippen molar-refractivity contribution < 1.29 is 9.13 Å². The number of nitrogens with one attached hydrogen (secondary N) is 1. The zero-order valence-electron chi connectivity index (χ0n) is 15.6. The van der Waals surface area contributed by atoms with Crippen LogP contribution in [0.1, 0.15) is 5.69 Å². The Bertz CT molecular complexity index is 1220. The number of hydrogen-bond acceptors (Lipinski definition) is 6. The molecular formula is C20H16FN5O2S. The Labute approximate surface area is 169 Å². The van der Waals surface area contributed by atoms with E-state index in [2.05, 4.69) is 20.3 Å². The highest BCUT2D eigenvalue weighted by Crippen LogP contribution is 2.26. The normalized spacial score (nSPS) is 11.3. The van der Waals surface area contributed by atoms with E-state index < -0.39 is 0 Å². The first-order valence-corrected chi connectivity index (χ1v) is 9.52. The summed E-state index contributed by atoms with van der Waals surface area (Å²) in [6.07, 6.45) is 0. The van der Waals surface area contributed by atoms with Crippen LogP contribution < -0.4 is 10.3 Å². The number of aryl methyl sites for hydroxylation is 1. The summed E-state index contributed by atoms with van der Waals surface area (Å²) in [7, 11) is 1.61. The Morgan fingerprint density at radius 1 is 1.10 bits per heavy atom. The maximum atomic E-state index is 13.0. The van der Waals surface area contributed by atoms with Gasteiger partial charge >= 0.3 is 5.56 Å². The Hall–Kier alpha value is -3.59. The number of halogens is 1. The summed E-state index contributed by atoms with van der Waals surface area (Å²) in [5.41, 5.74) is 2.50. The summed E-state index contributed by atoms with van der Waals surface area (Å²) < 4.78 is 19.5. The summed E-state index contributed by atoms with van der Waals surface area (Å²) in [6.45, 7) is 1.73. The van der Waals surface area contributed by atoms with Crippen LogP contribution in [0.15, 0.2) is 68.9 Å². The SMILES string of the molecule is COc1ccc(-c2csc(-n3[nH]c(C)c(N=Nc4ccc(F)cc4)c3=O)n2)cc1. The fourth-order valence-electron chi connectivity index (χ4n) is 2.67. The van der Waals surface area contributed by atoms with Gasteiger partial charge in [-0.15, -0.1) is 16.5 Å². The van der Waals surface area contributed by atoms with Crippen LogP contribution in [0.4, 0.5) is 15.8 Å². The van der Waals surface area contributed by atoms with E-state index in [1.54, 1.807) is 14.0 Å². The molecule has 146 valence electrons. The highest BCUT2D eigenvalue weighted by Gasteiger charge is 2.15. The molecule has 29 heavy (non-hydrogen) atoms. The van der Waals surface area contributed by atoms with Crippen LogP contribution in [0.5, 0.6) is 5.75 Å². The van der Waals surface area contributed by atoms with E-state index in [1.807, 2.05) is 29.6 Å². The third-order valence-electron chi connectivity index (χ3n) is 4.20. The van der Waals surface area contributed by atoms with Gasteiger partial charge in [-0.2, -0.15) is 9.80 Å². The van der Waals surface area contributed by atoms with Gasteiger partial charge in [0.25, 0.3) is 0 Å². The summed E-state index contributed by atoms with van der Waals surface area (Å²) in [5.74, 6) is 0.400. The van der Waals surface area contributed by atoms with E-state index >= 15 is 0 Å². The van der Waals surface area contributed by atoms with E-state index in [0.29, 0.717) is 16.5 Å². The number of aromatic amines is 1. The average molecular weight is 409 g/mol. The first-order valence-electron chi connectivity index (χ1n) is 8.64. The zero-order valence-corrected chi connectivity index (χ0v) is 16.4. The molecule has 0 unspecified atom stereocenters. The lowest BCUT2D eigenvalue weighted by molar-refractivity contribution is 0.415. The molecule has 0 saturated heterocycles. The van der Waals surface area contributed by atoms with Gasteiger partial charge < -0.3 is 4.74 Å². The Balaban J connectivity index is 1.63. The van der Waals surface area contributed by atoms with Gasteiger partial charge in [0, 0.05) is 10.9 Å². The number of ether oxygens (including phenoxy) is 1. The highest BCUT2D eigenvalue weighted by molar-refractivity contribution is 7.12. The molecule has 2 heterocycles. The van der Waals surface area contributed by atoms with Crippen molar-refractivity contribution in [2.24, 2.45) is 10.2 Å². The van der Waals surface area contributed by atoms with Crippen LogP contribution in [-0.4, -0.2) is 21.9 Å². The second-order valence-electron chi connectivity index (χ2n) is 6.15. The van der Waals surface area contributed by atoms with Gasteiger partial charge in [-0.05, 0) is 55.5 Å². The molecule has 4 rings (SSSR count). The molecule has 0 fully saturated rings. The lowest BCUT2D eigenvalue weighted by atomic mass is 10.2. The standard InChI is InChI=1S/C20H16FN5O2S/c1-12-18(24-23-15-7-5-14(21)6-8-15)19(27)26(25-12)20-22-17(11-29-20)13-3-9-16(28-2)10-4-13/h3-11,25H,1-2H3. The molecule has 1 N–H and O–H groups in total. The van der Waals surface area contributed by atoms with E-state index in [0.717, 1.165) is 17.0 Å².